The molecule has 11 aromatic rings. The van der Waals surface area contributed by atoms with E-state index in [2.05, 4.69) is 228 Å². The van der Waals surface area contributed by atoms with Crippen LogP contribution in [0.2, 0.25) is 0 Å². The molecule has 290 valence electrons. The van der Waals surface area contributed by atoms with Gasteiger partial charge in [-0.25, -0.2) is 0 Å². The molecule has 0 spiro atoms. The highest BCUT2D eigenvalue weighted by molar-refractivity contribution is 8.00. The van der Waals surface area contributed by atoms with Crippen molar-refractivity contribution in [1.29, 1.82) is 0 Å². The molecule has 0 saturated carbocycles. The highest BCUT2D eigenvalue weighted by atomic mass is 32.2. The van der Waals surface area contributed by atoms with Crippen molar-refractivity contribution in [3.63, 3.8) is 0 Å². The topological polar surface area (TPSA) is 6.48 Å². The SMILES string of the molecule is c1ccc(-c2ccc(N3c4ccccc4Sc4cc(-c5ccc6c(c5)Sc5c(ccc7ccccc57)N6c5ccc6c7ccccc7c7ccccc7c6c5)ccc43)cc2)cc1. The van der Waals surface area contributed by atoms with Crippen molar-refractivity contribution in [3.05, 3.63) is 218 Å². The Hall–Kier alpha value is -7.24. The summed E-state index contributed by atoms with van der Waals surface area (Å²) in [4.78, 5) is 9.92. The van der Waals surface area contributed by atoms with Gasteiger partial charge < -0.3 is 9.80 Å². The highest BCUT2D eigenvalue weighted by Gasteiger charge is 2.29. The molecule has 2 heterocycles. The number of fused-ring (bicyclic) bond motifs is 12. The van der Waals surface area contributed by atoms with Crippen molar-refractivity contribution in [2.75, 3.05) is 9.80 Å². The van der Waals surface area contributed by atoms with Crippen LogP contribution in [0, 0.1) is 0 Å². The molecule has 0 fully saturated rings. The van der Waals surface area contributed by atoms with Gasteiger partial charge in [0.05, 0.1) is 22.7 Å². The Morgan fingerprint density at radius 2 is 0.742 bits per heavy atom. The van der Waals surface area contributed by atoms with Crippen molar-refractivity contribution >= 4 is 101 Å². The average Bonchev–Trinajstić information content (AvgIpc) is 3.35. The van der Waals surface area contributed by atoms with Crippen LogP contribution in [0.3, 0.4) is 0 Å². The highest BCUT2D eigenvalue weighted by Crippen LogP contribution is 2.56. The average molecular weight is 825 g/mol. The molecule has 2 aliphatic heterocycles. The molecule has 0 atom stereocenters. The van der Waals surface area contributed by atoms with Gasteiger partial charge in [0.15, 0.2) is 0 Å². The Labute approximate surface area is 368 Å². The molecule has 0 amide bonds. The van der Waals surface area contributed by atoms with Crippen molar-refractivity contribution in [2.45, 2.75) is 19.6 Å². The van der Waals surface area contributed by atoms with E-state index in [0.717, 1.165) is 11.4 Å². The van der Waals surface area contributed by atoms with E-state index in [1.54, 1.807) is 0 Å². The van der Waals surface area contributed by atoms with Gasteiger partial charge in [-0.05, 0) is 132 Å². The molecular weight excluding hydrogens is 789 g/mol. The van der Waals surface area contributed by atoms with Crippen LogP contribution in [0.4, 0.5) is 34.1 Å². The number of anilines is 6. The van der Waals surface area contributed by atoms with Crippen LogP contribution in [0.1, 0.15) is 0 Å². The van der Waals surface area contributed by atoms with Gasteiger partial charge in [-0.15, -0.1) is 0 Å². The molecule has 0 N–H and O–H groups in total. The predicted octanol–water partition coefficient (Wildman–Crippen LogP) is 17.5. The number of benzene rings is 11. The first-order valence-corrected chi connectivity index (χ1v) is 22.7. The Balaban J connectivity index is 0.938. The summed E-state index contributed by atoms with van der Waals surface area (Å²) in [6, 6.07) is 80.5. The van der Waals surface area contributed by atoms with Crippen molar-refractivity contribution in [2.24, 2.45) is 0 Å². The lowest BCUT2D eigenvalue weighted by Gasteiger charge is -2.34. The third-order valence-corrected chi connectivity index (χ3v) is 14.9. The molecule has 2 nitrogen and oxygen atoms in total. The summed E-state index contributed by atoms with van der Waals surface area (Å²) in [6.45, 7) is 0. The van der Waals surface area contributed by atoms with Crippen LogP contribution in [0.15, 0.2) is 238 Å². The summed E-state index contributed by atoms with van der Waals surface area (Å²) in [5, 5.41) is 10.2. The van der Waals surface area contributed by atoms with Crippen LogP contribution >= 0.6 is 23.5 Å². The maximum absolute atomic E-state index is 2.49. The van der Waals surface area contributed by atoms with E-state index in [9.17, 15) is 0 Å². The molecule has 2 aliphatic rings. The zero-order chi connectivity index (χ0) is 40.7. The summed E-state index contributed by atoms with van der Waals surface area (Å²) >= 11 is 3.74. The van der Waals surface area contributed by atoms with E-state index >= 15 is 0 Å². The van der Waals surface area contributed by atoms with Gasteiger partial charge in [0, 0.05) is 31.0 Å². The van der Waals surface area contributed by atoms with E-state index in [1.807, 2.05) is 23.5 Å². The molecule has 0 aliphatic carbocycles. The molecule has 0 radical (unpaired) electrons. The van der Waals surface area contributed by atoms with Gasteiger partial charge in [0.25, 0.3) is 0 Å². The largest absolute Gasteiger partial charge is 0.308 e. The Kier molecular flexibility index (Phi) is 8.12. The first-order valence-electron chi connectivity index (χ1n) is 21.1. The van der Waals surface area contributed by atoms with Crippen LogP contribution in [0.5, 0.6) is 0 Å². The molecule has 13 rings (SSSR count). The van der Waals surface area contributed by atoms with E-state index in [1.165, 1.54) is 108 Å². The molecule has 0 saturated heterocycles. The zero-order valence-corrected chi connectivity index (χ0v) is 35.1. The fourth-order valence-electron chi connectivity index (χ4n) is 9.68. The molecule has 0 aromatic heterocycles. The van der Waals surface area contributed by atoms with Gasteiger partial charge >= 0.3 is 0 Å². The number of hydrogen-bond acceptors (Lipinski definition) is 4. The molecule has 4 heteroatoms. The third-order valence-electron chi connectivity index (χ3n) is 12.6. The standard InChI is InChI=1S/C58H36N2S2/c1-2-12-37(13-3-1)38-22-27-42(28-23-38)59-51-20-10-11-21-55(51)61-56-34-40(25-31-52(56)59)41-26-32-53-57(35-41)62-58-44-15-5-4-14-39(44)24-33-54(58)60(53)43-29-30-49-47-18-7-6-16-45(47)46-17-8-9-19-48(46)50(49)36-43/h1-36H. The Bertz CT molecular complexity index is 3560. The molecule has 11 aromatic carbocycles. The maximum atomic E-state index is 2.49. The van der Waals surface area contributed by atoms with E-state index in [-0.39, 0.29) is 0 Å². The number of nitrogens with zero attached hydrogens (tertiary/aromatic N) is 2. The van der Waals surface area contributed by atoms with Crippen molar-refractivity contribution in [3.8, 4) is 22.3 Å². The fourth-order valence-corrected chi connectivity index (χ4v) is 12.0. The molecule has 0 unspecified atom stereocenters. The summed E-state index contributed by atoms with van der Waals surface area (Å²) in [5.41, 5.74) is 12.0. The smallest absolute Gasteiger partial charge is 0.0608 e. The van der Waals surface area contributed by atoms with Crippen LogP contribution in [-0.2, 0) is 0 Å². The van der Waals surface area contributed by atoms with E-state index < -0.39 is 0 Å². The van der Waals surface area contributed by atoms with Crippen molar-refractivity contribution in [1.82, 2.24) is 0 Å². The van der Waals surface area contributed by atoms with Gasteiger partial charge in [-0.2, -0.15) is 0 Å². The lowest BCUT2D eigenvalue weighted by molar-refractivity contribution is 1.16. The Morgan fingerprint density at radius 1 is 0.258 bits per heavy atom. The van der Waals surface area contributed by atoms with Crippen molar-refractivity contribution < 1.29 is 0 Å². The normalized spacial score (nSPS) is 13.0. The first kappa shape index (κ1) is 35.5. The van der Waals surface area contributed by atoms with Gasteiger partial charge in [-0.1, -0.05) is 175 Å². The van der Waals surface area contributed by atoms with Gasteiger partial charge in [-0.3, -0.25) is 0 Å². The molecule has 62 heavy (non-hydrogen) atoms. The molecular formula is C58H36N2S2. The zero-order valence-electron chi connectivity index (χ0n) is 33.5. The first-order chi connectivity index (χ1) is 30.7. The summed E-state index contributed by atoms with van der Waals surface area (Å²) < 4.78 is 0. The van der Waals surface area contributed by atoms with Gasteiger partial charge in [0.1, 0.15) is 0 Å². The minimum atomic E-state index is 1.15. The molecule has 0 bridgehead atoms. The lowest BCUT2D eigenvalue weighted by Crippen LogP contribution is -2.15. The predicted molar refractivity (Wildman–Crippen MR) is 265 cm³/mol. The Morgan fingerprint density at radius 3 is 1.45 bits per heavy atom. The minimum absolute atomic E-state index is 1.15. The monoisotopic (exact) mass is 824 g/mol. The summed E-state index contributed by atoms with van der Waals surface area (Å²) in [7, 11) is 0. The van der Waals surface area contributed by atoms with E-state index in [4.69, 9.17) is 0 Å². The van der Waals surface area contributed by atoms with Crippen LogP contribution in [0.25, 0.3) is 65.3 Å². The quantitative estimate of drug-likeness (QED) is 0.163. The summed E-state index contributed by atoms with van der Waals surface area (Å²) in [5.74, 6) is 0. The second-order valence-electron chi connectivity index (χ2n) is 16.1. The third kappa shape index (κ3) is 5.61. The minimum Gasteiger partial charge on any atom is -0.308 e. The second-order valence-corrected chi connectivity index (χ2v) is 18.2. The lowest BCUT2D eigenvalue weighted by atomic mass is 9.94. The van der Waals surface area contributed by atoms with Crippen LogP contribution in [-0.4, -0.2) is 0 Å². The fraction of sp³-hybridized carbons (Fsp3) is 0. The number of para-hydroxylation sites is 1. The van der Waals surface area contributed by atoms with Crippen LogP contribution < -0.4 is 9.80 Å². The van der Waals surface area contributed by atoms with Gasteiger partial charge in [0.2, 0.25) is 0 Å². The maximum Gasteiger partial charge on any atom is 0.0608 e. The van der Waals surface area contributed by atoms with E-state index in [0.29, 0.717) is 0 Å². The summed E-state index contributed by atoms with van der Waals surface area (Å²) in [6.07, 6.45) is 0. The number of hydrogen-bond donors (Lipinski definition) is 0. The second kappa shape index (κ2) is 14.2. The number of rotatable bonds is 4.